The first-order valence-electron chi connectivity index (χ1n) is 23.0. The van der Waals surface area contributed by atoms with Crippen LogP contribution in [0, 0.1) is 28.6 Å². The van der Waals surface area contributed by atoms with Crippen LogP contribution in [0.4, 0.5) is 0 Å². The third kappa shape index (κ3) is 28.2. The fraction of sp³-hybridized carbons (Fsp3) is 0.745. The zero-order chi connectivity index (χ0) is 45.3. The first-order valence-corrected chi connectivity index (χ1v) is 23.5. The molecule has 7 heteroatoms. The first kappa shape index (κ1) is 59.9. The summed E-state index contributed by atoms with van der Waals surface area (Å²) < 4.78 is 2.62. The lowest BCUT2D eigenvalue weighted by molar-refractivity contribution is -0.116. The number of unbranched alkanes of at least 4 members (excludes halogenated alkanes) is 2. The van der Waals surface area contributed by atoms with Gasteiger partial charge in [0.15, 0.2) is 5.78 Å². The summed E-state index contributed by atoms with van der Waals surface area (Å²) >= 11 is 3.67. The smallest absolute Gasteiger partial charge is 0.178 e. The maximum absolute atomic E-state index is 11.6. The predicted octanol–water partition coefficient (Wildman–Crippen LogP) is 13.7. The predicted molar refractivity (Wildman–Crippen MR) is 266 cm³/mol. The average molecular weight is 830 g/mol. The number of likely N-dealkylation sites (N-methyl/N-ethyl adjacent to an activating group) is 1. The second-order valence-electron chi connectivity index (χ2n) is 18.2. The van der Waals surface area contributed by atoms with E-state index in [4.69, 9.17) is 0 Å². The van der Waals surface area contributed by atoms with E-state index in [1.54, 1.807) is 6.08 Å². The molecule has 58 heavy (non-hydrogen) atoms. The Morgan fingerprint density at radius 2 is 1.45 bits per heavy atom. The van der Waals surface area contributed by atoms with E-state index in [2.05, 4.69) is 161 Å². The number of nitrogens with zero attached hydrogens (tertiary/aromatic N) is 1. The molecule has 0 saturated heterocycles. The fourth-order valence-electron chi connectivity index (χ4n) is 7.06. The molecule has 0 bridgehead atoms. The molecule has 6 nitrogen and oxygen atoms in total. The Balaban J connectivity index is -0.00000108. The van der Waals surface area contributed by atoms with E-state index >= 15 is 0 Å². The van der Waals surface area contributed by atoms with Gasteiger partial charge in [-0.2, -0.15) is 0 Å². The van der Waals surface area contributed by atoms with Crippen molar-refractivity contribution in [2.75, 3.05) is 26.7 Å². The van der Waals surface area contributed by atoms with Crippen LogP contribution in [0.15, 0.2) is 74.4 Å². The van der Waals surface area contributed by atoms with Gasteiger partial charge in [-0.05, 0) is 67.6 Å². The van der Waals surface area contributed by atoms with Gasteiger partial charge in [-0.25, -0.2) is 0 Å². The summed E-state index contributed by atoms with van der Waals surface area (Å²) in [6, 6.07) is 0.506. The van der Waals surface area contributed by atoms with Crippen LogP contribution < -0.4 is 20.7 Å². The highest BCUT2D eigenvalue weighted by molar-refractivity contribution is 7.78. The van der Waals surface area contributed by atoms with Crippen LogP contribution in [0.3, 0.4) is 0 Å². The normalized spacial score (nSPS) is 15.6. The van der Waals surface area contributed by atoms with Gasteiger partial charge in [-0.3, -0.25) is 9.52 Å². The molecule has 0 radical (unpaired) electrons. The number of hydrogen-bond donors (Lipinski definition) is 5. The van der Waals surface area contributed by atoms with Gasteiger partial charge >= 0.3 is 0 Å². The van der Waals surface area contributed by atoms with Crippen molar-refractivity contribution in [2.45, 2.75) is 191 Å². The van der Waals surface area contributed by atoms with Crippen molar-refractivity contribution < 1.29 is 4.79 Å². The third-order valence-electron chi connectivity index (χ3n) is 11.8. The monoisotopic (exact) mass is 830 g/mol. The van der Waals surface area contributed by atoms with Crippen molar-refractivity contribution in [1.29, 1.82) is 0 Å². The quantitative estimate of drug-likeness (QED) is 0.0323. The Labute approximate surface area is 368 Å². The molecular weight excluding hydrogens is 731 g/mol. The van der Waals surface area contributed by atoms with E-state index in [1.165, 1.54) is 75.5 Å². The van der Waals surface area contributed by atoms with Crippen molar-refractivity contribution in [2.24, 2.45) is 28.6 Å². The van der Waals surface area contributed by atoms with Gasteiger partial charge in [-0.1, -0.05) is 191 Å². The molecule has 1 rings (SSSR count). The van der Waals surface area contributed by atoms with E-state index in [0.717, 1.165) is 44.6 Å². The van der Waals surface area contributed by atoms with Crippen molar-refractivity contribution in [1.82, 2.24) is 25.6 Å². The zero-order valence-electron chi connectivity index (χ0n) is 40.8. The summed E-state index contributed by atoms with van der Waals surface area (Å²) in [5, 5.41) is 10.5. The number of thiol groups is 1. The van der Waals surface area contributed by atoms with Crippen molar-refractivity contribution >= 4 is 18.6 Å². The number of allylic oxidation sites excluding steroid dienone is 3. The molecule has 340 valence electrons. The number of ketones is 1. The van der Waals surface area contributed by atoms with E-state index in [1.807, 2.05) is 13.0 Å². The van der Waals surface area contributed by atoms with Gasteiger partial charge in [0.1, 0.15) is 0 Å². The molecule has 1 saturated carbocycles. The van der Waals surface area contributed by atoms with Crippen LogP contribution in [-0.4, -0.2) is 49.4 Å². The van der Waals surface area contributed by atoms with Crippen LogP contribution in [0.25, 0.3) is 0 Å². The molecule has 4 unspecified atom stereocenters. The Morgan fingerprint density at radius 1 is 0.879 bits per heavy atom. The van der Waals surface area contributed by atoms with Gasteiger partial charge in [0, 0.05) is 44.8 Å². The molecule has 5 atom stereocenters. The van der Waals surface area contributed by atoms with Gasteiger partial charge in [-0.15, -0.1) is 13.2 Å². The third-order valence-corrected chi connectivity index (χ3v) is 12.1. The van der Waals surface area contributed by atoms with Gasteiger partial charge in [0.05, 0.1) is 17.6 Å². The maximum Gasteiger partial charge on any atom is 0.178 e. The minimum atomic E-state index is 0.125. The van der Waals surface area contributed by atoms with E-state index in [9.17, 15) is 4.79 Å². The summed E-state index contributed by atoms with van der Waals surface area (Å²) in [6.45, 7) is 53.9. The van der Waals surface area contributed by atoms with Crippen LogP contribution in [-0.2, 0) is 4.79 Å². The second kappa shape index (κ2) is 35.4. The van der Waals surface area contributed by atoms with Crippen molar-refractivity contribution in [3.8, 4) is 0 Å². The summed E-state index contributed by atoms with van der Waals surface area (Å²) in [5.74, 6) is 2.72. The van der Waals surface area contributed by atoms with Crippen LogP contribution in [0.1, 0.15) is 179 Å². The number of rotatable bonds is 27. The van der Waals surface area contributed by atoms with Gasteiger partial charge < -0.3 is 20.9 Å². The lowest BCUT2D eigenvalue weighted by Gasteiger charge is -2.45. The number of carbonyl (C=O) groups is 1. The van der Waals surface area contributed by atoms with Crippen LogP contribution in [0.5, 0.6) is 0 Å². The topological polar surface area (TPSA) is 68.4 Å². The summed E-state index contributed by atoms with van der Waals surface area (Å²) in [5.41, 5.74) is 3.31. The van der Waals surface area contributed by atoms with E-state index in [0.29, 0.717) is 42.5 Å². The van der Waals surface area contributed by atoms with Crippen molar-refractivity contribution in [3.63, 3.8) is 0 Å². The molecule has 0 heterocycles. The molecule has 0 amide bonds. The van der Waals surface area contributed by atoms with Gasteiger partial charge in [0.2, 0.25) is 0 Å². The summed E-state index contributed by atoms with van der Waals surface area (Å²) in [7, 11) is 2.22. The van der Waals surface area contributed by atoms with Crippen molar-refractivity contribution in [3.05, 3.63) is 74.4 Å². The molecule has 1 fully saturated rings. The van der Waals surface area contributed by atoms with Gasteiger partial charge in [0.25, 0.3) is 0 Å². The average Bonchev–Trinajstić information content (AvgIpc) is 3.19. The molecule has 0 aromatic rings. The zero-order valence-corrected chi connectivity index (χ0v) is 41.7. The lowest BCUT2D eigenvalue weighted by Crippen LogP contribution is -2.52. The van der Waals surface area contributed by atoms with Crippen LogP contribution >= 0.6 is 12.8 Å². The highest BCUT2D eigenvalue weighted by atomic mass is 32.1. The van der Waals surface area contributed by atoms with Crippen LogP contribution in [0.2, 0.25) is 0 Å². The van der Waals surface area contributed by atoms with E-state index < -0.39 is 0 Å². The summed E-state index contributed by atoms with van der Waals surface area (Å²) in [4.78, 5) is 14.0. The standard InChI is InChI=1S/C32H59N3.C13H23NO.C4H10.C2H7NS/c1-13-15-19-29(31(8,9)10)33-27(7)34-30(32(11)21-17-16-18-22-32)26(6)35(12)23-20-28(14-2)25(5)24(3)4;1-5-7-8-11(3)10-13(15)12(4)14-9-6-2;1-3-4-2;1-2-3-4/h13,25,28-30,33-34H,1,3,6-7,14-23H2,2,4-5,8-12H3;6,11,14H,2,4-5,7-10H2,1,3H3;3-4H2,1-2H3;3-4H,2H2,1H3/t25?,28-,29?,30?;;;/m0.../s1. The molecular formula is C51H99N5OS. The number of carbonyl (C=O) groups excluding carboxylic acids is 1. The molecule has 4 N–H and O–H groups in total. The Bertz CT molecular complexity index is 1130. The molecule has 1 aliphatic carbocycles. The van der Waals surface area contributed by atoms with E-state index in [-0.39, 0.29) is 22.7 Å². The Kier molecular flexibility index (Phi) is 36.6. The molecule has 0 aliphatic heterocycles. The summed E-state index contributed by atoms with van der Waals surface area (Å²) in [6.07, 6.45) is 21.3. The molecule has 0 aromatic heterocycles. The minimum absolute atomic E-state index is 0.125. The Hall–Kier alpha value is -2.38. The largest absolute Gasteiger partial charge is 0.379 e. The fourth-order valence-corrected chi connectivity index (χ4v) is 7.06. The lowest BCUT2D eigenvalue weighted by atomic mass is 9.69. The minimum Gasteiger partial charge on any atom is -0.379 e. The highest BCUT2D eigenvalue weighted by Crippen LogP contribution is 2.42. The SMILES string of the molecule is C=CCCC(NC(=C)NC(C(=C)N(C)CC[C@H](CC)C(C)C(=C)C)C1(C)CCCCC1)C(C)(C)C.C=CCNC(=C)C(=O)CC(C)CCCC.CCCC.CCNS. The number of nitrogens with one attached hydrogen (secondary N) is 4. The maximum atomic E-state index is 11.6. The molecule has 1 aliphatic rings. The number of hydrogen-bond acceptors (Lipinski definition) is 7. The molecule has 0 aromatic carbocycles. The highest BCUT2D eigenvalue weighted by Gasteiger charge is 2.39. The Morgan fingerprint density at radius 3 is 1.88 bits per heavy atom. The number of Topliss-reactive ketones (excluding diaryl/α,β-unsaturated/α-hetero) is 1. The second-order valence-corrected chi connectivity index (χ2v) is 18.6. The first-order chi connectivity index (χ1) is 27.2. The molecule has 0 spiro atoms.